The first-order valence-corrected chi connectivity index (χ1v) is 11.0. The third-order valence-electron chi connectivity index (χ3n) is 4.33. The van der Waals surface area contributed by atoms with E-state index < -0.39 is 60.2 Å². The SMILES string of the molecule is CSCCC(N)C(=O)NC(Cc1cnc[nH]1)C(=O)NC(C)C(=O)NC(CC(=O)O)C(=O)O. The Morgan fingerprint density at radius 3 is 2.28 bits per heavy atom. The zero-order valence-corrected chi connectivity index (χ0v) is 18.5. The van der Waals surface area contributed by atoms with Crippen molar-refractivity contribution >= 4 is 41.4 Å². The normalized spacial score (nSPS) is 14.5. The average Bonchev–Trinajstić information content (AvgIpc) is 3.23. The highest BCUT2D eigenvalue weighted by atomic mass is 32.2. The van der Waals surface area contributed by atoms with Crippen LogP contribution in [-0.2, 0) is 30.4 Å². The van der Waals surface area contributed by atoms with Crippen LogP contribution >= 0.6 is 11.8 Å². The molecular weight excluding hydrogens is 444 g/mol. The summed E-state index contributed by atoms with van der Waals surface area (Å²) in [5.41, 5.74) is 6.40. The molecule has 0 bridgehead atoms. The van der Waals surface area contributed by atoms with Crippen molar-refractivity contribution in [3.63, 3.8) is 0 Å². The number of carbonyl (C=O) groups excluding carboxylic acids is 3. The Balaban J connectivity index is 2.82. The first-order chi connectivity index (χ1) is 15.0. The molecule has 4 atom stereocenters. The van der Waals surface area contributed by atoms with Gasteiger partial charge in [0.2, 0.25) is 17.7 Å². The number of aromatic amines is 1. The van der Waals surface area contributed by atoms with Crippen molar-refractivity contribution in [2.45, 2.75) is 50.4 Å². The van der Waals surface area contributed by atoms with Gasteiger partial charge in [0.1, 0.15) is 18.1 Å². The number of carboxylic acids is 2. The van der Waals surface area contributed by atoms with E-state index in [1.807, 2.05) is 6.26 Å². The molecule has 0 saturated carbocycles. The van der Waals surface area contributed by atoms with Crippen molar-refractivity contribution in [2.24, 2.45) is 5.73 Å². The van der Waals surface area contributed by atoms with Gasteiger partial charge in [0, 0.05) is 18.3 Å². The summed E-state index contributed by atoms with van der Waals surface area (Å²) in [5.74, 6) is -4.42. The third-order valence-corrected chi connectivity index (χ3v) is 4.97. The average molecular weight is 473 g/mol. The van der Waals surface area contributed by atoms with Crippen LogP contribution in [0.5, 0.6) is 0 Å². The largest absolute Gasteiger partial charge is 0.481 e. The van der Waals surface area contributed by atoms with Gasteiger partial charge in [0.05, 0.1) is 18.8 Å². The second kappa shape index (κ2) is 13.3. The van der Waals surface area contributed by atoms with Gasteiger partial charge in [-0.05, 0) is 25.4 Å². The second-order valence-corrected chi connectivity index (χ2v) is 7.94. The predicted molar refractivity (Wildman–Crippen MR) is 115 cm³/mol. The van der Waals surface area contributed by atoms with Gasteiger partial charge in [-0.15, -0.1) is 0 Å². The standard InChI is InChI=1S/C18H28N6O7S/c1-9(15(27)24-13(18(30)31)6-14(25)26)22-17(29)12(5-10-7-20-8-21-10)23-16(28)11(19)3-4-32-2/h7-9,11-13H,3-6,19H2,1-2H3,(H,20,21)(H,22,29)(H,23,28)(H,24,27)(H,25,26)(H,30,31). The Bertz CT molecular complexity index is 804. The van der Waals surface area contributed by atoms with Crippen LogP contribution in [0.2, 0.25) is 0 Å². The van der Waals surface area contributed by atoms with E-state index in [0.717, 1.165) is 0 Å². The predicted octanol–water partition coefficient (Wildman–Crippen LogP) is -1.93. The minimum absolute atomic E-state index is 0.0396. The lowest BCUT2D eigenvalue weighted by atomic mass is 10.1. The highest BCUT2D eigenvalue weighted by Gasteiger charge is 2.29. The van der Waals surface area contributed by atoms with Crippen molar-refractivity contribution in [2.75, 3.05) is 12.0 Å². The van der Waals surface area contributed by atoms with Gasteiger partial charge in [-0.3, -0.25) is 19.2 Å². The Hall–Kier alpha value is -3.13. The molecule has 0 aliphatic heterocycles. The first kappa shape index (κ1) is 26.9. The summed E-state index contributed by atoms with van der Waals surface area (Å²) in [6.07, 6.45) is 4.37. The quantitative estimate of drug-likeness (QED) is 0.159. The number of nitrogens with zero attached hydrogens (tertiary/aromatic N) is 1. The molecule has 32 heavy (non-hydrogen) atoms. The van der Waals surface area contributed by atoms with E-state index in [9.17, 15) is 24.0 Å². The number of amides is 3. The maximum Gasteiger partial charge on any atom is 0.326 e. The fraction of sp³-hybridized carbons (Fsp3) is 0.556. The Morgan fingerprint density at radius 2 is 1.75 bits per heavy atom. The molecule has 0 radical (unpaired) electrons. The van der Waals surface area contributed by atoms with Gasteiger partial charge < -0.3 is 36.9 Å². The third kappa shape index (κ3) is 9.34. The first-order valence-electron chi connectivity index (χ1n) is 9.62. The summed E-state index contributed by atoms with van der Waals surface area (Å²) >= 11 is 1.52. The van der Waals surface area contributed by atoms with Crippen molar-refractivity contribution in [3.8, 4) is 0 Å². The number of imidazole rings is 1. The molecule has 0 fully saturated rings. The lowest BCUT2D eigenvalue weighted by Crippen LogP contribution is -2.57. The molecule has 3 amide bonds. The van der Waals surface area contributed by atoms with E-state index in [2.05, 4.69) is 25.9 Å². The number of nitrogens with two attached hydrogens (primary N) is 1. The monoisotopic (exact) mass is 472 g/mol. The van der Waals surface area contributed by atoms with Crippen LogP contribution < -0.4 is 21.7 Å². The van der Waals surface area contributed by atoms with Crippen LogP contribution in [0.25, 0.3) is 0 Å². The molecule has 178 valence electrons. The number of hydrogen-bond acceptors (Lipinski definition) is 8. The number of rotatable bonds is 14. The van der Waals surface area contributed by atoms with E-state index in [4.69, 9.17) is 15.9 Å². The highest BCUT2D eigenvalue weighted by molar-refractivity contribution is 7.98. The second-order valence-electron chi connectivity index (χ2n) is 6.96. The maximum absolute atomic E-state index is 12.8. The van der Waals surface area contributed by atoms with Gasteiger partial charge in [-0.1, -0.05) is 0 Å². The summed E-state index contributed by atoms with van der Waals surface area (Å²) in [6.45, 7) is 1.30. The van der Waals surface area contributed by atoms with Crippen LogP contribution in [0, 0.1) is 0 Å². The van der Waals surface area contributed by atoms with E-state index in [1.54, 1.807) is 0 Å². The Kier molecular flexibility index (Phi) is 11.2. The number of carboxylic acid groups (broad SMARTS) is 2. The van der Waals surface area contributed by atoms with E-state index >= 15 is 0 Å². The van der Waals surface area contributed by atoms with E-state index in [-0.39, 0.29) is 6.42 Å². The maximum atomic E-state index is 12.8. The summed E-state index contributed by atoms with van der Waals surface area (Å²) in [5, 5.41) is 24.8. The number of carbonyl (C=O) groups is 5. The zero-order valence-electron chi connectivity index (χ0n) is 17.7. The Labute approximate surface area is 188 Å². The van der Waals surface area contributed by atoms with Crippen molar-refractivity contribution in [1.29, 1.82) is 0 Å². The van der Waals surface area contributed by atoms with Crippen molar-refractivity contribution < 1.29 is 34.2 Å². The molecule has 0 aliphatic carbocycles. The minimum Gasteiger partial charge on any atom is -0.481 e. The summed E-state index contributed by atoms with van der Waals surface area (Å²) in [7, 11) is 0. The lowest BCUT2D eigenvalue weighted by molar-refractivity contribution is -0.147. The van der Waals surface area contributed by atoms with Crippen LogP contribution in [0.15, 0.2) is 12.5 Å². The van der Waals surface area contributed by atoms with Crippen molar-refractivity contribution in [1.82, 2.24) is 25.9 Å². The summed E-state index contributed by atoms with van der Waals surface area (Å²) in [6, 6.07) is -4.78. The lowest BCUT2D eigenvalue weighted by Gasteiger charge is -2.23. The van der Waals surface area contributed by atoms with E-state index in [0.29, 0.717) is 17.9 Å². The summed E-state index contributed by atoms with van der Waals surface area (Å²) in [4.78, 5) is 66.0. The molecule has 0 saturated heterocycles. The van der Waals surface area contributed by atoms with Crippen LogP contribution in [-0.4, -0.2) is 86.0 Å². The number of aliphatic carboxylic acids is 2. The van der Waals surface area contributed by atoms with Crippen LogP contribution in [0.1, 0.15) is 25.5 Å². The highest BCUT2D eigenvalue weighted by Crippen LogP contribution is 2.03. The van der Waals surface area contributed by atoms with Gasteiger partial charge in [0.25, 0.3) is 0 Å². The fourth-order valence-electron chi connectivity index (χ4n) is 2.53. The fourth-order valence-corrected chi connectivity index (χ4v) is 3.02. The molecule has 14 heteroatoms. The number of H-pyrrole nitrogens is 1. The van der Waals surface area contributed by atoms with Gasteiger partial charge in [0.15, 0.2) is 0 Å². The zero-order chi connectivity index (χ0) is 24.3. The Morgan fingerprint density at radius 1 is 1.09 bits per heavy atom. The number of thioether (sulfide) groups is 1. The molecule has 1 aromatic rings. The van der Waals surface area contributed by atoms with Crippen molar-refractivity contribution in [3.05, 3.63) is 18.2 Å². The van der Waals surface area contributed by atoms with Gasteiger partial charge in [-0.2, -0.15) is 11.8 Å². The van der Waals surface area contributed by atoms with Gasteiger partial charge in [-0.25, -0.2) is 9.78 Å². The molecule has 1 aromatic heterocycles. The van der Waals surface area contributed by atoms with E-state index in [1.165, 1.54) is 31.2 Å². The molecule has 8 N–H and O–H groups in total. The molecular formula is C18H28N6O7S. The molecule has 0 spiro atoms. The summed E-state index contributed by atoms with van der Waals surface area (Å²) < 4.78 is 0. The smallest absolute Gasteiger partial charge is 0.326 e. The molecule has 13 nitrogen and oxygen atoms in total. The number of hydrogen-bond donors (Lipinski definition) is 7. The molecule has 0 aliphatic rings. The number of aromatic nitrogens is 2. The topological polar surface area (TPSA) is 217 Å². The number of nitrogens with one attached hydrogen (secondary N) is 4. The molecule has 1 heterocycles. The molecule has 1 rings (SSSR count). The minimum atomic E-state index is -1.66. The molecule has 0 aromatic carbocycles. The van der Waals surface area contributed by atoms with Crippen LogP contribution in [0.3, 0.4) is 0 Å². The van der Waals surface area contributed by atoms with Crippen LogP contribution in [0.4, 0.5) is 0 Å². The van der Waals surface area contributed by atoms with Gasteiger partial charge >= 0.3 is 11.9 Å². The molecule has 4 unspecified atom stereocenters.